The van der Waals surface area contributed by atoms with Gasteiger partial charge in [-0.1, -0.05) is 39.3 Å². The lowest BCUT2D eigenvalue weighted by Gasteiger charge is -2.25. The molecule has 6 rings (SSSR count). The van der Waals surface area contributed by atoms with Gasteiger partial charge in [0.15, 0.2) is 0 Å². The predicted molar refractivity (Wildman–Crippen MR) is 193 cm³/mol. The number of halogens is 4. The number of carbonyl (C=O) groups is 1. The summed E-state index contributed by atoms with van der Waals surface area (Å²) in [5.41, 5.74) is 8.23. The van der Waals surface area contributed by atoms with Crippen LogP contribution >= 0.6 is 56.7 Å². The number of carbonyl (C=O) groups excluding carboxylic acids is 1. The monoisotopic (exact) mass is 810 g/mol. The van der Waals surface area contributed by atoms with E-state index in [9.17, 15) is 4.79 Å². The molecule has 4 heterocycles. The van der Waals surface area contributed by atoms with Crippen molar-refractivity contribution in [3.63, 3.8) is 0 Å². The van der Waals surface area contributed by atoms with E-state index in [-0.39, 0.29) is 56.6 Å². The van der Waals surface area contributed by atoms with Gasteiger partial charge in [0.2, 0.25) is 0 Å². The molecule has 46 heavy (non-hydrogen) atoms. The van der Waals surface area contributed by atoms with E-state index in [2.05, 4.69) is 37.2 Å². The molecule has 1 amide bonds. The molecule has 4 aliphatic rings. The highest BCUT2D eigenvalue weighted by Gasteiger charge is 2.47. The first-order valence-corrected chi connectivity index (χ1v) is 15.9. The van der Waals surface area contributed by atoms with Gasteiger partial charge >= 0.3 is 20.3 Å². The number of nitrogens with two attached hydrogens (primary N) is 1. The van der Waals surface area contributed by atoms with Crippen LogP contribution in [-0.4, -0.2) is 63.4 Å². The van der Waals surface area contributed by atoms with Crippen molar-refractivity contribution in [2.75, 3.05) is 26.3 Å². The Hall–Kier alpha value is -1.22. The molecule has 0 saturated carbocycles. The molecular weight excluding hydrogens is 769 g/mol. The van der Waals surface area contributed by atoms with E-state index < -0.39 is 31.5 Å². The van der Waals surface area contributed by atoms with Gasteiger partial charge in [-0.2, -0.15) is 0 Å². The van der Waals surface area contributed by atoms with Crippen molar-refractivity contribution in [2.24, 2.45) is 5.73 Å². The average molecular weight is 813 g/mol. The first kappa shape index (κ1) is 41.0. The minimum atomic E-state index is -0.545. The highest BCUT2D eigenvalue weighted by atomic mass is 79.9. The maximum atomic E-state index is 11.9. The van der Waals surface area contributed by atoms with Crippen LogP contribution in [0.2, 0.25) is 0 Å². The fourth-order valence-electron chi connectivity index (χ4n) is 5.28. The Kier molecular flexibility index (Phi) is 13.8. The van der Waals surface area contributed by atoms with Gasteiger partial charge < -0.3 is 43.9 Å². The second-order valence-electron chi connectivity index (χ2n) is 13.1. The molecule has 2 aromatic carbocycles. The molecule has 256 valence electrons. The van der Waals surface area contributed by atoms with Crippen molar-refractivity contribution >= 4 is 87.9 Å². The number of ether oxygens (including phenoxy) is 3. The molecule has 2 atom stereocenters. The van der Waals surface area contributed by atoms with E-state index in [1.165, 1.54) is 0 Å². The summed E-state index contributed by atoms with van der Waals surface area (Å²) in [5.74, 6) is 1.59. The quantitative estimate of drug-likeness (QED) is 0.373. The molecule has 16 heteroatoms. The SMILES string of the molecule is C.CC(C)(C)OC(=O)NC[C@H]1OB2OC(C)(C)COc3ccc(Br)c1c32.CC1(C)COc2ccc(Br)c3c2B(O[C@@H]3CN)O1.Cl.Cl. The maximum absolute atomic E-state index is 11.9. The summed E-state index contributed by atoms with van der Waals surface area (Å²) >= 11 is 7.13. The van der Waals surface area contributed by atoms with Crippen LogP contribution in [0.1, 0.15) is 79.2 Å². The zero-order chi connectivity index (χ0) is 31.3. The minimum absolute atomic E-state index is 0. The van der Waals surface area contributed by atoms with Crippen LogP contribution < -0.4 is 31.4 Å². The molecule has 0 bridgehead atoms. The number of nitrogens with one attached hydrogen (secondary N) is 1. The van der Waals surface area contributed by atoms with Crippen LogP contribution in [0.5, 0.6) is 11.5 Å². The number of hydrogen-bond acceptors (Lipinski definition) is 9. The van der Waals surface area contributed by atoms with E-state index in [0.29, 0.717) is 19.8 Å². The van der Waals surface area contributed by atoms with E-state index >= 15 is 0 Å². The lowest BCUT2D eigenvalue weighted by molar-refractivity contribution is 0.0249. The number of hydrogen-bond donors (Lipinski definition) is 2. The Morgan fingerprint density at radius 1 is 0.891 bits per heavy atom. The van der Waals surface area contributed by atoms with Crippen LogP contribution in [0.25, 0.3) is 0 Å². The van der Waals surface area contributed by atoms with Crippen molar-refractivity contribution in [2.45, 2.75) is 84.9 Å². The summed E-state index contributed by atoms with van der Waals surface area (Å²) in [6.07, 6.45) is -0.964. The van der Waals surface area contributed by atoms with Crippen LogP contribution in [-0.2, 0) is 23.4 Å². The van der Waals surface area contributed by atoms with Crippen LogP contribution in [0.15, 0.2) is 33.2 Å². The number of alkyl carbamates (subject to hydrolysis) is 1. The third kappa shape index (κ3) is 9.06. The Morgan fingerprint density at radius 3 is 1.76 bits per heavy atom. The third-order valence-electron chi connectivity index (χ3n) is 7.13. The molecule has 0 aromatic heterocycles. The fourth-order valence-corrected chi connectivity index (χ4v) is 6.48. The van der Waals surface area contributed by atoms with Gasteiger partial charge in [0.25, 0.3) is 0 Å². The van der Waals surface area contributed by atoms with Gasteiger partial charge in [0.05, 0.1) is 23.4 Å². The Labute approximate surface area is 302 Å². The fraction of sp³-hybridized carbons (Fsp3) is 0.567. The molecule has 0 saturated heterocycles. The van der Waals surface area contributed by atoms with Gasteiger partial charge in [-0.15, -0.1) is 24.8 Å². The van der Waals surface area contributed by atoms with Crippen molar-refractivity contribution in [1.29, 1.82) is 0 Å². The molecule has 0 unspecified atom stereocenters. The number of amides is 1. The lowest BCUT2D eigenvalue weighted by atomic mass is 9.77. The minimum Gasteiger partial charge on any atom is -0.491 e. The molecule has 2 aromatic rings. The van der Waals surface area contributed by atoms with Crippen molar-refractivity contribution in [3.05, 3.63) is 44.3 Å². The first-order valence-electron chi connectivity index (χ1n) is 14.3. The van der Waals surface area contributed by atoms with Gasteiger partial charge in [0.1, 0.15) is 30.3 Å². The van der Waals surface area contributed by atoms with Crippen molar-refractivity contribution in [1.82, 2.24) is 5.32 Å². The molecule has 3 N–H and O–H groups in total. The largest absolute Gasteiger partial charge is 0.499 e. The maximum Gasteiger partial charge on any atom is 0.499 e. The Bertz CT molecular complexity index is 1400. The molecule has 0 fully saturated rings. The highest BCUT2D eigenvalue weighted by Crippen LogP contribution is 2.38. The molecule has 4 aliphatic heterocycles. The summed E-state index contributed by atoms with van der Waals surface area (Å²) in [6.45, 7) is 15.0. The molecule has 0 radical (unpaired) electrons. The zero-order valence-electron chi connectivity index (χ0n) is 26.4. The molecule has 0 aliphatic carbocycles. The average Bonchev–Trinajstić information content (AvgIpc) is 3.37. The summed E-state index contributed by atoms with van der Waals surface area (Å²) < 4.78 is 43.0. The number of rotatable bonds is 3. The van der Waals surface area contributed by atoms with Gasteiger partial charge in [0, 0.05) is 33.0 Å². The normalized spacial score (nSPS) is 21.1. The summed E-state index contributed by atoms with van der Waals surface area (Å²) in [7, 11) is -0.913. The van der Waals surface area contributed by atoms with Crippen LogP contribution in [0, 0.1) is 0 Å². The Morgan fingerprint density at radius 2 is 1.33 bits per heavy atom. The zero-order valence-corrected chi connectivity index (χ0v) is 31.2. The lowest BCUT2D eigenvalue weighted by Crippen LogP contribution is -2.41. The number of benzene rings is 2. The molecule has 0 spiro atoms. The van der Waals surface area contributed by atoms with E-state index in [1.54, 1.807) is 0 Å². The van der Waals surface area contributed by atoms with Gasteiger partial charge in [-0.3, -0.25) is 0 Å². The van der Waals surface area contributed by atoms with E-state index in [4.69, 9.17) is 38.6 Å². The van der Waals surface area contributed by atoms with Gasteiger partial charge in [-0.05, 0) is 83.9 Å². The second-order valence-corrected chi connectivity index (χ2v) is 14.8. The summed E-state index contributed by atoms with van der Waals surface area (Å²) in [5, 5.41) is 2.77. The highest BCUT2D eigenvalue weighted by molar-refractivity contribution is 9.10. The van der Waals surface area contributed by atoms with E-state index in [1.807, 2.05) is 72.7 Å². The smallest absolute Gasteiger partial charge is 0.491 e. The molecule has 10 nitrogen and oxygen atoms in total. The second kappa shape index (κ2) is 15.6. The third-order valence-corrected chi connectivity index (χ3v) is 8.51. The first-order chi connectivity index (χ1) is 20.1. The van der Waals surface area contributed by atoms with Crippen molar-refractivity contribution in [3.8, 4) is 11.5 Å². The van der Waals surface area contributed by atoms with Crippen molar-refractivity contribution < 1.29 is 37.6 Å². The molecular formula is C30H44B2Br2Cl2N2O8. The summed E-state index contributed by atoms with van der Waals surface area (Å²) in [4.78, 5) is 11.9. The topological polar surface area (TPSA) is 120 Å². The summed E-state index contributed by atoms with van der Waals surface area (Å²) in [6, 6.07) is 7.76. The Balaban J connectivity index is 0.000000313. The van der Waals surface area contributed by atoms with E-state index in [0.717, 1.165) is 42.5 Å². The van der Waals surface area contributed by atoms with Crippen LogP contribution in [0.4, 0.5) is 4.79 Å². The standard InChI is InChI=1S/C17H23BBrNO5.C12H15BBrNO3.CH4.2ClH/c1-16(2,3)23-15(21)20-8-12-13-10(19)6-7-11-14(13)18(24-12)25-17(4,5)9-22-11;1-12(2)6-16-8-4-3-7(14)10-9(5-15)17-13(18-12)11(8)10;;;/h6-7,12H,8-9H2,1-5H3,(H,20,21);3-4,9H,5-6,15H2,1-2H3;1H4;2*1H/t12-;9-;;;/m11.../s1. The van der Waals surface area contributed by atoms with Gasteiger partial charge in [-0.25, -0.2) is 4.79 Å². The predicted octanol–water partition coefficient (Wildman–Crippen LogP) is 5.77. The van der Waals surface area contributed by atoms with Crippen LogP contribution in [0.3, 0.4) is 0 Å².